The van der Waals surface area contributed by atoms with E-state index < -0.39 is 0 Å². The lowest BCUT2D eigenvalue weighted by Crippen LogP contribution is -2.29. The van der Waals surface area contributed by atoms with Crippen LogP contribution in [-0.4, -0.2) is 15.5 Å². The van der Waals surface area contributed by atoms with Crippen molar-refractivity contribution in [2.24, 2.45) is 0 Å². The van der Waals surface area contributed by atoms with E-state index >= 15 is 0 Å². The molecule has 0 saturated carbocycles. The summed E-state index contributed by atoms with van der Waals surface area (Å²) in [5.74, 6) is 0.478. The van der Waals surface area contributed by atoms with Gasteiger partial charge < -0.3 is 5.32 Å². The molecule has 0 unspecified atom stereocenters. The fourth-order valence-electron chi connectivity index (χ4n) is 2.94. The van der Waals surface area contributed by atoms with Gasteiger partial charge in [-0.05, 0) is 42.7 Å². The van der Waals surface area contributed by atoms with Crippen LogP contribution in [-0.2, 0) is 11.3 Å². The molecule has 2 aromatic carbocycles. The third-order valence-electron chi connectivity index (χ3n) is 4.36. The molecule has 0 atom stereocenters. The number of halogens is 1. The molecule has 3 aromatic rings. The Morgan fingerprint density at radius 3 is 2.61 bits per heavy atom. The molecule has 5 nitrogen and oxygen atoms in total. The summed E-state index contributed by atoms with van der Waals surface area (Å²) in [5.41, 5.74) is 2.82. The molecule has 0 bridgehead atoms. The number of hydrogen-bond donors (Lipinski definition) is 1. The number of nitrogens with one attached hydrogen (secondary N) is 1. The van der Waals surface area contributed by atoms with Crippen molar-refractivity contribution in [3.8, 4) is 11.4 Å². The molecule has 6 heteroatoms. The lowest BCUT2D eigenvalue weighted by atomic mass is 10.0. The Hall–Kier alpha value is -2.92. The zero-order chi connectivity index (χ0) is 20.3. The standard InChI is InChI=1S/C22H22ClN3O2/c1-14(2)16-6-5-9-19(12-16)25-20(27)13-26-21(28)10-15(3)24-22(26)17-7-4-8-18(23)11-17/h4-12,14H,13H2,1-3H3,(H,25,27). The molecule has 28 heavy (non-hydrogen) atoms. The van der Waals surface area contributed by atoms with Gasteiger partial charge in [-0.15, -0.1) is 0 Å². The van der Waals surface area contributed by atoms with Gasteiger partial charge in [-0.1, -0.05) is 49.7 Å². The molecule has 0 fully saturated rings. The fraction of sp³-hybridized carbons (Fsp3) is 0.227. The number of amides is 1. The Balaban J connectivity index is 1.91. The largest absolute Gasteiger partial charge is 0.325 e. The van der Waals surface area contributed by atoms with Crippen LogP contribution in [0.2, 0.25) is 5.02 Å². The van der Waals surface area contributed by atoms with Crippen LogP contribution in [0, 0.1) is 6.92 Å². The van der Waals surface area contributed by atoms with Crippen molar-refractivity contribution in [3.63, 3.8) is 0 Å². The van der Waals surface area contributed by atoms with Crippen LogP contribution in [0.5, 0.6) is 0 Å². The Kier molecular flexibility index (Phi) is 5.95. The number of carbonyl (C=O) groups is 1. The maximum absolute atomic E-state index is 12.6. The van der Waals surface area contributed by atoms with Crippen LogP contribution in [0.3, 0.4) is 0 Å². The molecular formula is C22H22ClN3O2. The first-order chi connectivity index (χ1) is 13.3. The molecule has 1 aromatic heterocycles. The molecule has 1 N–H and O–H groups in total. The minimum Gasteiger partial charge on any atom is -0.325 e. The average molecular weight is 396 g/mol. The van der Waals surface area contributed by atoms with Crippen molar-refractivity contribution in [1.82, 2.24) is 9.55 Å². The van der Waals surface area contributed by atoms with Crippen LogP contribution in [0.1, 0.15) is 31.0 Å². The van der Waals surface area contributed by atoms with Gasteiger partial charge in [0, 0.05) is 28.0 Å². The minimum absolute atomic E-state index is 0.139. The Labute approximate surface area is 169 Å². The zero-order valence-electron chi connectivity index (χ0n) is 16.1. The van der Waals surface area contributed by atoms with Crippen LogP contribution < -0.4 is 10.9 Å². The maximum atomic E-state index is 12.6. The molecule has 0 spiro atoms. The van der Waals surface area contributed by atoms with Crippen molar-refractivity contribution in [1.29, 1.82) is 0 Å². The van der Waals surface area contributed by atoms with Gasteiger partial charge in [-0.3, -0.25) is 14.2 Å². The third kappa shape index (κ3) is 4.67. The number of rotatable bonds is 5. The van der Waals surface area contributed by atoms with Gasteiger partial charge in [0.2, 0.25) is 5.91 Å². The van der Waals surface area contributed by atoms with E-state index in [1.807, 2.05) is 30.3 Å². The number of hydrogen-bond acceptors (Lipinski definition) is 3. The van der Waals surface area contributed by atoms with Gasteiger partial charge in [0.25, 0.3) is 5.56 Å². The molecule has 1 heterocycles. The molecule has 0 aliphatic heterocycles. The van der Waals surface area contributed by atoms with E-state index in [1.165, 1.54) is 10.6 Å². The van der Waals surface area contributed by atoms with Crippen LogP contribution >= 0.6 is 11.6 Å². The van der Waals surface area contributed by atoms with Gasteiger partial charge in [0.15, 0.2) is 0 Å². The van der Waals surface area contributed by atoms with Crippen LogP contribution in [0.15, 0.2) is 59.4 Å². The Morgan fingerprint density at radius 2 is 1.89 bits per heavy atom. The average Bonchev–Trinajstić information content (AvgIpc) is 2.64. The van der Waals surface area contributed by atoms with Crippen molar-refractivity contribution in [3.05, 3.63) is 81.2 Å². The molecule has 3 rings (SSSR count). The van der Waals surface area contributed by atoms with Crippen molar-refractivity contribution < 1.29 is 4.79 Å². The Morgan fingerprint density at radius 1 is 1.14 bits per heavy atom. The van der Waals surface area contributed by atoms with Crippen LogP contribution in [0.4, 0.5) is 5.69 Å². The summed E-state index contributed by atoms with van der Waals surface area (Å²) in [5, 5.41) is 3.40. The number of benzene rings is 2. The second-order valence-electron chi connectivity index (χ2n) is 6.98. The van der Waals surface area contributed by atoms with Crippen molar-refractivity contribution >= 4 is 23.2 Å². The SMILES string of the molecule is Cc1cc(=O)n(CC(=O)Nc2cccc(C(C)C)c2)c(-c2cccc(Cl)c2)n1. The smallest absolute Gasteiger partial charge is 0.254 e. The third-order valence-corrected chi connectivity index (χ3v) is 4.59. The van der Waals surface area contributed by atoms with E-state index in [9.17, 15) is 9.59 Å². The highest BCUT2D eigenvalue weighted by Gasteiger charge is 2.14. The summed E-state index contributed by atoms with van der Waals surface area (Å²) in [4.78, 5) is 29.7. The lowest BCUT2D eigenvalue weighted by molar-refractivity contribution is -0.116. The highest BCUT2D eigenvalue weighted by molar-refractivity contribution is 6.30. The van der Waals surface area contributed by atoms with Crippen LogP contribution in [0.25, 0.3) is 11.4 Å². The highest BCUT2D eigenvalue weighted by atomic mass is 35.5. The first-order valence-electron chi connectivity index (χ1n) is 9.07. The summed E-state index contributed by atoms with van der Waals surface area (Å²) >= 11 is 6.09. The summed E-state index contributed by atoms with van der Waals surface area (Å²) in [6.45, 7) is 5.79. The summed E-state index contributed by atoms with van der Waals surface area (Å²) in [6.07, 6.45) is 0. The molecule has 0 saturated heterocycles. The molecule has 0 aliphatic carbocycles. The number of aryl methyl sites for hydroxylation is 1. The van der Waals surface area contributed by atoms with E-state index in [4.69, 9.17) is 11.6 Å². The van der Waals surface area contributed by atoms with E-state index in [-0.39, 0.29) is 18.0 Å². The quantitative estimate of drug-likeness (QED) is 0.684. The fourth-order valence-corrected chi connectivity index (χ4v) is 3.13. The zero-order valence-corrected chi connectivity index (χ0v) is 16.8. The lowest BCUT2D eigenvalue weighted by Gasteiger charge is -2.14. The summed E-state index contributed by atoms with van der Waals surface area (Å²) in [7, 11) is 0. The molecule has 0 radical (unpaired) electrons. The second-order valence-corrected chi connectivity index (χ2v) is 7.42. The summed E-state index contributed by atoms with van der Waals surface area (Å²) in [6, 6.07) is 16.2. The van der Waals surface area contributed by atoms with Gasteiger partial charge in [-0.2, -0.15) is 0 Å². The number of aromatic nitrogens is 2. The van der Waals surface area contributed by atoms with E-state index in [0.717, 1.165) is 5.56 Å². The first-order valence-corrected chi connectivity index (χ1v) is 9.45. The second kappa shape index (κ2) is 8.40. The van der Waals surface area contributed by atoms with Gasteiger partial charge in [0.05, 0.1) is 0 Å². The minimum atomic E-state index is -0.295. The number of nitrogens with zero attached hydrogens (tertiary/aromatic N) is 2. The summed E-state index contributed by atoms with van der Waals surface area (Å²) < 4.78 is 1.36. The maximum Gasteiger partial charge on any atom is 0.254 e. The number of carbonyl (C=O) groups excluding carboxylic acids is 1. The molecular weight excluding hydrogens is 374 g/mol. The van der Waals surface area contributed by atoms with Crippen molar-refractivity contribution in [2.45, 2.75) is 33.2 Å². The van der Waals surface area contributed by atoms with Gasteiger partial charge in [-0.25, -0.2) is 4.98 Å². The van der Waals surface area contributed by atoms with E-state index in [0.29, 0.717) is 33.7 Å². The molecule has 144 valence electrons. The molecule has 0 aliphatic rings. The Bertz CT molecular complexity index is 1070. The monoisotopic (exact) mass is 395 g/mol. The topological polar surface area (TPSA) is 64.0 Å². The normalized spacial score (nSPS) is 10.9. The van der Waals surface area contributed by atoms with E-state index in [1.54, 1.807) is 25.1 Å². The van der Waals surface area contributed by atoms with Crippen molar-refractivity contribution in [2.75, 3.05) is 5.32 Å². The van der Waals surface area contributed by atoms with Gasteiger partial charge in [0.1, 0.15) is 12.4 Å². The van der Waals surface area contributed by atoms with E-state index in [2.05, 4.69) is 24.1 Å². The molecule has 1 amide bonds. The highest BCUT2D eigenvalue weighted by Crippen LogP contribution is 2.21. The number of anilines is 1. The van der Waals surface area contributed by atoms with Gasteiger partial charge >= 0.3 is 0 Å². The predicted octanol–water partition coefficient (Wildman–Crippen LogP) is 4.63. The first kappa shape index (κ1) is 19.8. The predicted molar refractivity (Wildman–Crippen MR) is 113 cm³/mol.